The molecule has 0 amide bonds. The van der Waals surface area contributed by atoms with Crippen molar-refractivity contribution in [3.05, 3.63) is 120 Å². The summed E-state index contributed by atoms with van der Waals surface area (Å²) in [6, 6.07) is 39.3. The molecule has 6 rings (SSSR count). The molecule has 2 unspecified atom stereocenters. The highest BCUT2D eigenvalue weighted by Gasteiger charge is 2.26. The number of carbonyl (C=O) groups excluding carboxylic acids is 1. The quantitative estimate of drug-likeness (QED) is 0.0831. The number of aryl methyl sites for hydroxylation is 1. The lowest BCUT2D eigenvalue weighted by Gasteiger charge is -2.33. The highest BCUT2D eigenvalue weighted by molar-refractivity contribution is 7.99. The second-order valence-corrected chi connectivity index (χ2v) is 15.5. The molecule has 5 aromatic carbocycles. The van der Waals surface area contributed by atoms with E-state index < -0.39 is 0 Å². The van der Waals surface area contributed by atoms with Gasteiger partial charge in [-0.3, -0.25) is 4.79 Å². The first kappa shape index (κ1) is 37.5. The zero-order valence-corrected chi connectivity index (χ0v) is 32.4. The molecule has 0 bridgehead atoms. The minimum absolute atomic E-state index is 0.608. The van der Waals surface area contributed by atoms with Gasteiger partial charge in [0.15, 0.2) is 0 Å². The zero-order valence-electron chi connectivity index (χ0n) is 31.6. The molecule has 4 heteroatoms. The molecule has 0 N–H and O–H groups in total. The number of aldehydes is 1. The lowest BCUT2D eigenvalue weighted by Crippen LogP contribution is -2.15. The van der Waals surface area contributed by atoms with Crippen molar-refractivity contribution in [1.29, 1.82) is 0 Å². The molecule has 0 saturated carbocycles. The van der Waals surface area contributed by atoms with Crippen molar-refractivity contribution in [3.8, 4) is 28.0 Å². The molecule has 5 aromatic rings. The fourth-order valence-corrected chi connectivity index (χ4v) is 8.42. The number of nitrogens with zero attached hydrogens (tertiary/aromatic N) is 1. The molecule has 1 aliphatic heterocycles. The monoisotopic (exact) mass is 709 g/mol. The van der Waals surface area contributed by atoms with Gasteiger partial charge in [0.2, 0.25) is 0 Å². The third-order valence-electron chi connectivity index (χ3n) is 10.8. The van der Waals surface area contributed by atoms with Gasteiger partial charge < -0.3 is 9.64 Å². The molecule has 0 spiro atoms. The van der Waals surface area contributed by atoms with Crippen molar-refractivity contribution >= 4 is 35.1 Å². The van der Waals surface area contributed by atoms with E-state index >= 15 is 0 Å². The number of ether oxygens (including phenoxy) is 1. The van der Waals surface area contributed by atoms with Gasteiger partial charge in [0.25, 0.3) is 0 Å². The minimum atomic E-state index is 0.608. The lowest BCUT2D eigenvalue weighted by molar-refractivity contribution is 0.112. The molecule has 1 heterocycles. The van der Waals surface area contributed by atoms with Gasteiger partial charge in [-0.05, 0) is 120 Å². The number of hydrogen-bond acceptors (Lipinski definition) is 4. The van der Waals surface area contributed by atoms with E-state index in [1.807, 2.05) is 36.0 Å². The van der Waals surface area contributed by atoms with E-state index in [4.69, 9.17) is 4.74 Å². The van der Waals surface area contributed by atoms with Crippen LogP contribution in [0.25, 0.3) is 22.3 Å². The summed E-state index contributed by atoms with van der Waals surface area (Å²) >= 11 is 1.83. The predicted octanol–water partition coefficient (Wildman–Crippen LogP) is 14.5. The SMILES string of the molecule is CCCCC(CC)CCc1ccc(-c2ccc3c(c2)Sc2cc(-c4ccc(OCC(CC)CCCC)cc4)ccc2N3c2ccc(C=O)cc2)cc1. The minimum Gasteiger partial charge on any atom is -0.493 e. The maximum atomic E-state index is 11.5. The zero-order chi connectivity index (χ0) is 36.3. The van der Waals surface area contributed by atoms with Gasteiger partial charge >= 0.3 is 0 Å². The molecule has 2 atom stereocenters. The van der Waals surface area contributed by atoms with E-state index in [-0.39, 0.29) is 0 Å². The number of carbonyl (C=O) groups is 1. The molecule has 52 heavy (non-hydrogen) atoms. The molecule has 0 fully saturated rings. The molecule has 0 aliphatic carbocycles. The van der Waals surface area contributed by atoms with Crippen LogP contribution < -0.4 is 9.64 Å². The molecule has 0 radical (unpaired) electrons. The molecule has 0 aromatic heterocycles. The average molecular weight is 710 g/mol. The van der Waals surface area contributed by atoms with Crippen LogP contribution in [0.5, 0.6) is 5.75 Å². The topological polar surface area (TPSA) is 29.5 Å². The molecular formula is C48H55NO2S. The number of benzene rings is 5. The standard InChI is InChI=1S/C48H55NO2S/c1-5-9-11-35(7-3)13-14-37-15-19-39(20-16-37)41-23-29-45-47(31-41)52-48-32-42(24-30-46(48)49(45)43-25-17-38(33-50)18-26-43)40-21-27-44(28-22-40)51-34-36(8-4)12-10-6-2/h15-33,35-36H,5-14,34H2,1-4H3. The number of fused-ring (bicyclic) bond motifs is 2. The van der Waals surface area contributed by atoms with Crippen LogP contribution in [0.15, 0.2) is 119 Å². The summed E-state index contributed by atoms with van der Waals surface area (Å²) < 4.78 is 6.22. The summed E-state index contributed by atoms with van der Waals surface area (Å²) in [4.78, 5) is 16.2. The first-order chi connectivity index (χ1) is 25.5. The van der Waals surface area contributed by atoms with Crippen molar-refractivity contribution in [1.82, 2.24) is 0 Å². The van der Waals surface area contributed by atoms with Crippen LogP contribution in [0.2, 0.25) is 0 Å². The van der Waals surface area contributed by atoms with Crippen molar-refractivity contribution in [2.45, 2.75) is 102 Å². The van der Waals surface area contributed by atoms with Gasteiger partial charge in [-0.1, -0.05) is 133 Å². The Balaban J connectivity index is 1.25. The van der Waals surface area contributed by atoms with Crippen LogP contribution in [-0.4, -0.2) is 12.9 Å². The normalized spacial score (nSPS) is 13.3. The van der Waals surface area contributed by atoms with Crippen LogP contribution in [0.1, 0.15) is 101 Å². The summed E-state index contributed by atoms with van der Waals surface area (Å²) in [7, 11) is 0. The van der Waals surface area contributed by atoms with Crippen molar-refractivity contribution in [3.63, 3.8) is 0 Å². The Morgan fingerprint density at radius 2 is 1.15 bits per heavy atom. The van der Waals surface area contributed by atoms with Crippen LogP contribution in [0.3, 0.4) is 0 Å². The summed E-state index contributed by atoms with van der Waals surface area (Å²) in [5.41, 5.74) is 10.2. The van der Waals surface area contributed by atoms with Gasteiger partial charge in [-0.2, -0.15) is 0 Å². The molecule has 0 saturated heterocycles. The molecule has 270 valence electrons. The van der Waals surface area contributed by atoms with E-state index in [2.05, 4.69) is 118 Å². The van der Waals surface area contributed by atoms with Crippen LogP contribution in [0.4, 0.5) is 17.1 Å². The van der Waals surface area contributed by atoms with Crippen LogP contribution >= 0.6 is 11.8 Å². The van der Waals surface area contributed by atoms with E-state index in [0.717, 1.165) is 54.5 Å². The summed E-state index contributed by atoms with van der Waals surface area (Å²) in [5.74, 6) is 2.37. The fraction of sp³-hybridized carbons (Fsp3) is 0.354. The maximum absolute atomic E-state index is 11.5. The Bertz CT molecular complexity index is 1770. The smallest absolute Gasteiger partial charge is 0.150 e. The number of anilines is 3. The Kier molecular flexibility index (Phi) is 13.3. The third-order valence-corrected chi connectivity index (χ3v) is 11.9. The summed E-state index contributed by atoms with van der Waals surface area (Å²) in [6.07, 6.45) is 13.4. The summed E-state index contributed by atoms with van der Waals surface area (Å²) in [5, 5.41) is 0. The first-order valence-corrected chi connectivity index (χ1v) is 20.5. The van der Waals surface area contributed by atoms with E-state index in [9.17, 15) is 4.79 Å². The lowest BCUT2D eigenvalue weighted by atomic mass is 9.92. The molecule has 3 nitrogen and oxygen atoms in total. The number of rotatable bonds is 18. The van der Waals surface area contributed by atoms with Crippen LogP contribution in [-0.2, 0) is 6.42 Å². The number of hydrogen-bond donors (Lipinski definition) is 0. The van der Waals surface area contributed by atoms with E-state index in [1.54, 1.807) is 0 Å². The fourth-order valence-electron chi connectivity index (χ4n) is 7.28. The van der Waals surface area contributed by atoms with Crippen molar-refractivity contribution in [2.24, 2.45) is 11.8 Å². The molecular weight excluding hydrogens is 655 g/mol. The highest BCUT2D eigenvalue weighted by Crippen LogP contribution is 2.53. The third kappa shape index (κ3) is 9.19. The van der Waals surface area contributed by atoms with Crippen molar-refractivity contribution < 1.29 is 9.53 Å². The van der Waals surface area contributed by atoms with Gasteiger partial charge in [0.05, 0.1) is 18.0 Å². The van der Waals surface area contributed by atoms with Gasteiger partial charge in [-0.15, -0.1) is 0 Å². The summed E-state index contributed by atoms with van der Waals surface area (Å²) in [6.45, 7) is 9.92. The Morgan fingerprint density at radius 3 is 1.69 bits per heavy atom. The van der Waals surface area contributed by atoms with Crippen LogP contribution in [0, 0.1) is 11.8 Å². The van der Waals surface area contributed by atoms with Gasteiger partial charge in [-0.25, -0.2) is 0 Å². The number of unbranched alkanes of at least 4 members (excludes halogenated alkanes) is 2. The van der Waals surface area contributed by atoms with E-state index in [1.165, 1.54) is 89.0 Å². The van der Waals surface area contributed by atoms with Crippen molar-refractivity contribution in [2.75, 3.05) is 11.5 Å². The first-order valence-electron chi connectivity index (χ1n) is 19.7. The second kappa shape index (κ2) is 18.5. The van der Waals surface area contributed by atoms with Gasteiger partial charge in [0.1, 0.15) is 12.0 Å². The largest absolute Gasteiger partial charge is 0.493 e. The van der Waals surface area contributed by atoms with E-state index in [0.29, 0.717) is 11.5 Å². The molecule has 1 aliphatic rings. The Morgan fingerprint density at radius 1 is 0.615 bits per heavy atom. The Labute approximate surface area is 316 Å². The predicted molar refractivity (Wildman–Crippen MR) is 222 cm³/mol. The maximum Gasteiger partial charge on any atom is 0.150 e. The Hall–Kier alpha value is -4.28. The average Bonchev–Trinajstić information content (AvgIpc) is 3.20. The second-order valence-electron chi connectivity index (χ2n) is 14.4. The van der Waals surface area contributed by atoms with Gasteiger partial charge in [0, 0.05) is 21.0 Å². The highest BCUT2D eigenvalue weighted by atomic mass is 32.2.